The Labute approximate surface area is 95.4 Å². The molecule has 1 aromatic carbocycles. The first kappa shape index (κ1) is 12.4. The van der Waals surface area contributed by atoms with Crippen molar-refractivity contribution in [2.75, 3.05) is 7.11 Å². The number of hydrogen-bond donors (Lipinski definition) is 0. The van der Waals surface area contributed by atoms with Gasteiger partial charge in [0.1, 0.15) is 0 Å². The molecule has 0 atom stereocenters. The van der Waals surface area contributed by atoms with Gasteiger partial charge in [0.25, 0.3) is 0 Å². The Bertz CT molecular complexity index is 383. The zero-order valence-electron chi connectivity index (χ0n) is 9.66. The van der Waals surface area contributed by atoms with Crippen molar-refractivity contribution in [1.82, 2.24) is 0 Å². The highest BCUT2D eigenvalue weighted by Crippen LogP contribution is 2.13. The second-order valence-electron chi connectivity index (χ2n) is 3.51. The van der Waals surface area contributed by atoms with E-state index in [4.69, 9.17) is 0 Å². The van der Waals surface area contributed by atoms with E-state index in [1.54, 1.807) is 6.07 Å². The van der Waals surface area contributed by atoms with Crippen molar-refractivity contribution in [2.45, 2.75) is 26.2 Å². The van der Waals surface area contributed by atoms with E-state index in [1.165, 1.54) is 7.11 Å². The van der Waals surface area contributed by atoms with Crippen LogP contribution in [0.1, 0.15) is 35.7 Å². The Kier molecular flexibility index (Phi) is 4.70. The highest BCUT2D eigenvalue weighted by atomic mass is 16.5. The van der Waals surface area contributed by atoms with E-state index >= 15 is 0 Å². The Morgan fingerprint density at radius 1 is 1.19 bits per heavy atom. The van der Waals surface area contributed by atoms with E-state index < -0.39 is 0 Å². The average molecular weight is 220 g/mol. The van der Waals surface area contributed by atoms with Gasteiger partial charge in [-0.25, -0.2) is 0 Å². The minimum absolute atomic E-state index is 0.00264. The van der Waals surface area contributed by atoms with E-state index in [2.05, 4.69) is 4.74 Å². The first-order valence-electron chi connectivity index (χ1n) is 5.37. The van der Waals surface area contributed by atoms with Crippen molar-refractivity contribution < 1.29 is 14.3 Å². The van der Waals surface area contributed by atoms with Crippen LogP contribution in [0.25, 0.3) is 0 Å². The second-order valence-corrected chi connectivity index (χ2v) is 3.51. The van der Waals surface area contributed by atoms with Gasteiger partial charge >= 0.3 is 5.97 Å². The minimum atomic E-state index is -0.345. The summed E-state index contributed by atoms with van der Waals surface area (Å²) in [7, 11) is 1.33. The summed E-state index contributed by atoms with van der Waals surface area (Å²) in [4.78, 5) is 22.8. The molecule has 1 aromatic rings. The Morgan fingerprint density at radius 3 is 2.50 bits per heavy atom. The van der Waals surface area contributed by atoms with Crippen LogP contribution in [0.3, 0.4) is 0 Å². The molecule has 86 valence electrons. The highest BCUT2D eigenvalue weighted by molar-refractivity contribution is 5.98. The number of methoxy groups -OCH3 is 1. The summed E-state index contributed by atoms with van der Waals surface area (Å²) in [6.45, 7) is 2.01. The first-order chi connectivity index (χ1) is 7.69. The van der Waals surface area contributed by atoms with Gasteiger partial charge in [0, 0.05) is 12.0 Å². The Balaban J connectivity index is 2.69. The molecule has 0 heterocycles. The maximum atomic E-state index is 11.8. The predicted molar refractivity (Wildman–Crippen MR) is 61.4 cm³/mol. The molecule has 0 saturated heterocycles. The number of Topliss-reactive ketones (excluding diaryl/α,β-unsaturated/α-hetero) is 1. The lowest BCUT2D eigenvalue weighted by Crippen LogP contribution is -2.07. The predicted octanol–water partition coefficient (Wildman–Crippen LogP) is 2.38. The fourth-order valence-corrected chi connectivity index (χ4v) is 1.55. The number of carbonyl (C=O) groups is 2. The standard InChI is InChI=1S/C13H16O3/c1-3-10-6-4-5-7-11(10)12(14)8-9-13(15)16-2/h4-7H,3,8-9H2,1-2H3. The lowest BCUT2D eigenvalue weighted by Gasteiger charge is -2.05. The quantitative estimate of drug-likeness (QED) is 0.565. The van der Waals surface area contributed by atoms with Crippen molar-refractivity contribution in [1.29, 1.82) is 0 Å². The van der Waals surface area contributed by atoms with Crippen molar-refractivity contribution in [3.05, 3.63) is 35.4 Å². The monoisotopic (exact) mass is 220 g/mol. The molecule has 0 N–H and O–H groups in total. The molecule has 0 saturated carbocycles. The second kappa shape index (κ2) is 6.05. The number of ketones is 1. The van der Waals surface area contributed by atoms with Crippen molar-refractivity contribution >= 4 is 11.8 Å². The molecule has 0 aliphatic carbocycles. The van der Waals surface area contributed by atoms with E-state index in [0.717, 1.165) is 12.0 Å². The number of benzene rings is 1. The summed E-state index contributed by atoms with van der Waals surface area (Å²) in [6, 6.07) is 7.49. The molecular weight excluding hydrogens is 204 g/mol. The molecule has 3 heteroatoms. The SMILES string of the molecule is CCc1ccccc1C(=O)CCC(=O)OC. The van der Waals surface area contributed by atoms with Gasteiger partial charge in [-0.1, -0.05) is 31.2 Å². The van der Waals surface area contributed by atoms with Gasteiger partial charge in [-0.15, -0.1) is 0 Å². The molecule has 0 aromatic heterocycles. The normalized spacial score (nSPS) is 9.88. The number of rotatable bonds is 5. The van der Waals surface area contributed by atoms with Crippen LogP contribution in [0.5, 0.6) is 0 Å². The van der Waals surface area contributed by atoms with Crippen LogP contribution in [0.4, 0.5) is 0 Å². The van der Waals surface area contributed by atoms with Crippen LogP contribution in [0.15, 0.2) is 24.3 Å². The number of ether oxygens (including phenoxy) is 1. The van der Waals surface area contributed by atoms with Crippen LogP contribution < -0.4 is 0 Å². The molecule has 0 amide bonds. The molecule has 0 spiro atoms. The zero-order chi connectivity index (χ0) is 12.0. The minimum Gasteiger partial charge on any atom is -0.469 e. The van der Waals surface area contributed by atoms with Crippen molar-refractivity contribution in [3.63, 3.8) is 0 Å². The van der Waals surface area contributed by atoms with Crippen LogP contribution in [0, 0.1) is 0 Å². The maximum Gasteiger partial charge on any atom is 0.305 e. The molecule has 3 nitrogen and oxygen atoms in total. The number of carbonyl (C=O) groups excluding carboxylic acids is 2. The highest BCUT2D eigenvalue weighted by Gasteiger charge is 2.11. The van der Waals surface area contributed by atoms with Crippen molar-refractivity contribution in [2.24, 2.45) is 0 Å². The zero-order valence-corrected chi connectivity index (χ0v) is 9.66. The van der Waals surface area contributed by atoms with E-state index in [1.807, 2.05) is 25.1 Å². The molecule has 16 heavy (non-hydrogen) atoms. The van der Waals surface area contributed by atoms with Crippen molar-refractivity contribution in [3.8, 4) is 0 Å². The summed E-state index contributed by atoms with van der Waals surface area (Å²) >= 11 is 0. The maximum absolute atomic E-state index is 11.8. The van der Waals surface area contributed by atoms with Gasteiger partial charge in [0.15, 0.2) is 5.78 Å². The number of aryl methyl sites for hydroxylation is 1. The van der Waals surface area contributed by atoms with Crippen LogP contribution in [0.2, 0.25) is 0 Å². The number of esters is 1. The summed E-state index contributed by atoms with van der Waals surface area (Å²) in [5.74, 6) is -0.342. The number of hydrogen-bond acceptors (Lipinski definition) is 3. The smallest absolute Gasteiger partial charge is 0.305 e. The Morgan fingerprint density at radius 2 is 1.88 bits per heavy atom. The summed E-state index contributed by atoms with van der Waals surface area (Å²) in [5.41, 5.74) is 1.74. The molecule has 0 aliphatic heterocycles. The first-order valence-corrected chi connectivity index (χ1v) is 5.37. The van der Waals surface area contributed by atoms with Crippen LogP contribution >= 0.6 is 0 Å². The van der Waals surface area contributed by atoms with Crippen LogP contribution in [-0.2, 0) is 16.0 Å². The Hall–Kier alpha value is -1.64. The van der Waals surface area contributed by atoms with E-state index in [9.17, 15) is 9.59 Å². The molecule has 0 aliphatic rings. The molecular formula is C13H16O3. The van der Waals surface area contributed by atoms with Gasteiger partial charge in [-0.2, -0.15) is 0 Å². The van der Waals surface area contributed by atoms with Gasteiger partial charge < -0.3 is 4.74 Å². The third-order valence-corrected chi connectivity index (χ3v) is 2.48. The fraction of sp³-hybridized carbons (Fsp3) is 0.385. The molecule has 0 fully saturated rings. The topological polar surface area (TPSA) is 43.4 Å². The van der Waals surface area contributed by atoms with Gasteiger partial charge in [0.2, 0.25) is 0 Å². The summed E-state index contributed by atoms with van der Waals surface area (Å²) in [5, 5.41) is 0. The molecule has 0 bridgehead atoms. The summed E-state index contributed by atoms with van der Waals surface area (Å²) < 4.78 is 4.50. The lowest BCUT2D eigenvalue weighted by atomic mass is 9.99. The largest absolute Gasteiger partial charge is 0.469 e. The van der Waals surface area contributed by atoms with Gasteiger partial charge in [-0.05, 0) is 12.0 Å². The van der Waals surface area contributed by atoms with Gasteiger partial charge in [0.05, 0.1) is 13.5 Å². The fourth-order valence-electron chi connectivity index (χ4n) is 1.55. The molecule has 0 unspecified atom stereocenters. The molecule has 0 radical (unpaired) electrons. The average Bonchev–Trinajstić information content (AvgIpc) is 2.35. The van der Waals surface area contributed by atoms with Gasteiger partial charge in [-0.3, -0.25) is 9.59 Å². The van der Waals surface area contributed by atoms with E-state index in [0.29, 0.717) is 5.56 Å². The van der Waals surface area contributed by atoms with E-state index in [-0.39, 0.29) is 24.6 Å². The molecule has 1 rings (SSSR count). The lowest BCUT2D eigenvalue weighted by molar-refractivity contribution is -0.140. The summed E-state index contributed by atoms with van der Waals surface area (Å²) in [6.07, 6.45) is 1.18. The van der Waals surface area contributed by atoms with Crippen LogP contribution in [-0.4, -0.2) is 18.9 Å². The third kappa shape index (κ3) is 3.19. The third-order valence-electron chi connectivity index (χ3n) is 2.48.